The van der Waals surface area contributed by atoms with Crippen LogP contribution in [0.4, 0.5) is 26.3 Å². The molecule has 1 aliphatic carbocycles. The van der Waals surface area contributed by atoms with Gasteiger partial charge in [0.25, 0.3) is 0 Å². The number of alkyl halides is 6. The van der Waals surface area contributed by atoms with E-state index in [1.807, 2.05) is 27.0 Å². The van der Waals surface area contributed by atoms with Crippen LogP contribution in [0.5, 0.6) is 0 Å². The molecule has 34 heavy (non-hydrogen) atoms. The predicted molar refractivity (Wildman–Crippen MR) is 126 cm³/mol. The molecule has 0 aromatic heterocycles. The maximum Gasteiger partial charge on any atom is 0.416 e. The lowest BCUT2D eigenvalue weighted by Crippen LogP contribution is -2.25. The van der Waals surface area contributed by atoms with Crippen LogP contribution < -0.4 is 5.32 Å². The highest BCUT2D eigenvalue weighted by Gasteiger charge is 2.36. The minimum absolute atomic E-state index is 0.0131. The molecule has 0 spiro atoms. The van der Waals surface area contributed by atoms with Gasteiger partial charge < -0.3 is 10.4 Å². The maximum atomic E-state index is 12.2. The van der Waals surface area contributed by atoms with Gasteiger partial charge in [0.1, 0.15) is 0 Å². The lowest BCUT2D eigenvalue weighted by molar-refractivity contribution is -0.143. The second-order valence-electron chi connectivity index (χ2n) is 7.76. The monoisotopic (exact) mass is 493 g/mol. The molecule has 1 aliphatic rings. The number of hydrogen-bond donors (Lipinski definition) is 2. The van der Waals surface area contributed by atoms with Crippen LogP contribution in [0, 0.1) is 11.8 Å². The van der Waals surface area contributed by atoms with Gasteiger partial charge in [-0.05, 0) is 81.0 Å². The highest BCUT2D eigenvalue weighted by atomic mass is 19.4. The Morgan fingerprint density at radius 1 is 1.06 bits per heavy atom. The van der Waals surface area contributed by atoms with E-state index in [1.54, 1.807) is 0 Å². The maximum absolute atomic E-state index is 12.2. The van der Waals surface area contributed by atoms with Crippen molar-refractivity contribution in [3.05, 3.63) is 71.3 Å². The standard InChI is InChI=1S/C15H25N.C9H6F6O.C2H6/c1-4-6-9-14(5-2)15-10-7-8-13(11-15)12-16-3;10-8(11,12)6-1-5(4-16)2-7(3-6)9(13,14)15;1-2/h4-6,9,13,15-16H,2,7-8,10-12H2,1,3H3;1-3,16H,4H2;1-2H3/b6-4-,14-9+;;/t13-,15?;;/m0../s1. The smallest absolute Gasteiger partial charge is 0.392 e. The van der Waals surface area contributed by atoms with Gasteiger partial charge >= 0.3 is 12.4 Å². The number of nitrogens with one attached hydrogen (secondary N) is 1. The molecule has 1 fully saturated rings. The van der Waals surface area contributed by atoms with E-state index in [1.165, 1.54) is 31.3 Å². The van der Waals surface area contributed by atoms with Crippen molar-refractivity contribution >= 4 is 0 Å². The number of hydrogen-bond acceptors (Lipinski definition) is 2. The van der Waals surface area contributed by atoms with Crippen LogP contribution >= 0.6 is 0 Å². The first kappa shape index (κ1) is 31.9. The SMILES string of the molecule is C=C/C(=C\C=C/C)C1CCC[C@H](CNC)C1.CC.OCc1cc(C(F)(F)F)cc(C(F)(F)F)c1. The van der Waals surface area contributed by atoms with E-state index in [4.69, 9.17) is 5.11 Å². The van der Waals surface area contributed by atoms with Crippen LogP contribution in [-0.2, 0) is 19.0 Å². The van der Waals surface area contributed by atoms with Crippen molar-refractivity contribution < 1.29 is 31.4 Å². The number of aliphatic hydroxyl groups excluding tert-OH is 1. The molecular weight excluding hydrogens is 456 g/mol. The fourth-order valence-electron chi connectivity index (χ4n) is 3.76. The van der Waals surface area contributed by atoms with Crippen molar-refractivity contribution in [2.75, 3.05) is 13.6 Å². The van der Waals surface area contributed by atoms with E-state index in [2.05, 4.69) is 37.0 Å². The van der Waals surface area contributed by atoms with Crippen LogP contribution in [0.1, 0.15) is 63.1 Å². The number of benzene rings is 1. The Hall–Kier alpha value is -2.06. The molecule has 0 saturated heterocycles. The third kappa shape index (κ3) is 11.4. The van der Waals surface area contributed by atoms with Gasteiger partial charge in [0.05, 0.1) is 17.7 Å². The molecule has 2 rings (SSSR count). The number of allylic oxidation sites excluding steroid dienone is 5. The van der Waals surface area contributed by atoms with Crippen LogP contribution in [0.3, 0.4) is 0 Å². The molecule has 2 N–H and O–H groups in total. The van der Waals surface area contributed by atoms with Gasteiger partial charge in [-0.15, -0.1) is 0 Å². The molecule has 2 nitrogen and oxygen atoms in total. The topological polar surface area (TPSA) is 32.3 Å². The zero-order valence-corrected chi connectivity index (χ0v) is 20.4. The van der Waals surface area contributed by atoms with Crippen LogP contribution in [0.15, 0.2) is 54.7 Å². The average Bonchev–Trinajstić information content (AvgIpc) is 2.80. The Kier molecular flexibility index (Phi) is 14.8. The van der Waals surface area contributed by atoms with Gasteiger partial charge in [-0.1, -0.05) is 51.2 Å². The number of rotatable bonds is 6. The second kappa shape index (κ2) is 15.8. The Balaban J connectivity index is 0.000000597. The van der Waals surface area contributed by atoms with Crippen molar-refractivity contribution in [3.8, 4) is 0 Å². The summed E-state index contributed by atoms with van der Waals surface area (Å²) in [7, 11) is 2.05. The quantitative estimate of drug-likeness (QED) is 0.311. The highest BCUT2D eigenvalue weighted by molar-refractivity contribution is 5.33. The van der Waals surface area contributed by atoms with Gasteiger partial charge in [0, 0.05) is 0 Å². The highest BCUT2D eigenvalue weighted by Crippen LogP contribution is 2.36. The molecule has 1 aromatic rings. The average molecular weight is 494 g/mol. The molecule has 0 aliphatic heterocycles. The van der Waals surface area contributed by atoms with Crippen LogP contribution in [0.2, 0.25) is 0 Å². The minimum Gasteiger partial charge on any atom is -0.392 e. The summed E-state index contributed by atoms with van der Waals surface area (Å²) < 4.78 is 73.3. The number of aliphatic hydroxyl groups is 1. The van der Waals surface area contributed by atoms with E-state index in [9.17, 15) is 26.3 Å². The third-order valence-corrected chi connectivity index (χ3v) is 5.29. The molecule has 0 heterocycles. The fraction of sp³-hybridized carbons (Fsp3) is 0.538. The predicted octanol–water partition coefficient (Wildman–Crippen LogP) is 7.94. The first-order valence-electron chi connectivity index (χ1n) is 11.4. The van der Waals surface area contributed by atoms with Crippen molar-refractivity contribution in [2.24, 2.45) is 11.8 Å². The van der Waals surface area contributed by atoms with E-state index in [0.29, 0.717) is 12.1 Å². The summed E-state index contributed by atoms with van der Waals surface area (Å²) in [4.78, 5) is 0. The lowest BCUT2D eigenvalue weighted by Gasteiger charge is -2.29. The fourth-order valence-corrected chi connectivity index (χ4v) is 3.76. The van der Waals surface area contributed by atoms with E-state index in [-0.39, 0.29) is 6.07 Å². The van der Waals surface area contributed by atoms with Crippen LogP contribution in [0.25, 0.3) is 0 Å². The lowest BCUT2D eigenvalue weighted by atomic mass is 9.77. The van der Waals surface area contributed by atoms with E-state index in [0.717, 1.165) is 18.4 Å². The van der Waals surface area contributed by atoms with Crippen molar-refractivity contribution in [1.82, 2.24) is 5.32 Å². The Bertz CT molecular complexity index is 746. The zero-order chi connectivity index (χ0) is 26.4. The molecule has 1 aromatic carbocycles. The molecule has 1 saturated carbocycles. The summed E-state index contributed by atoms with van der Waals surface area (Å²) >= 11 is 0. The van der Waals surface area contributed by atoms with Gasteiger partial charge in [0.15, 0.2) is 0 Å². The first-order valence-corrected chi connectivity index (χ1v) is 11.4. The summed E-state index contributed by atoms with van der Waals surface area (Å²) in [5, 5.41) is 11.9. The molecule has 0 amide bonds. The molecular formula is C26H37F6NO. The summed E-state index contributed by atoms with van der Waals surface area (Å²) in [5.41, 5.74) is -1.86. The Morgan fingerprint density at radius 2 is 1.62 bits per heavy atom. The summed E-state index contributed by atoms with van der Waals surface area (Å²) in [6.45, 7) is 10.3. The summed E-state index contributed by atoms with van der Waals surface area (Å²) in [6, 6.07) is 0.976. The minimum atomic E-state index is -4.87. The zero-order valence-electron chi connectivity index (χ0n) is 20.4. The Morgan fingerprint density at radius 3 is 2.03 bits per heavy atom. The van der Waals surface area contributed by atoms with E-state index < -0.39 is 35.6 Å². The number of halogens is 6. The van der Waals surface area contributed by atoms with Crippen LogP contribution in [-0.4, -0.2) is 18.7 Å². The largest absolute Gasteiger partial charge is 0.416 e. The summed E-state index contributed by atoms with van der Waals surface area (Å²) in [5.74, 6) is 1.57. The summed E-state index contributed by atoms with van der Waals surface area (Å²) in [6.07, 6.45) is 4.10. The molecule has 194 valence electrons. The van der Waals surface area contributed by atoms with E-state index >= 15 is 0 Å². The molecule has 0 radical (unpaired) electrons. The van der Waals surface area contributed by atoms with Gasteiger partial charge in [-0.2, -0.15) is 26.3 Å². The first-order chi connectivity index (χ1) is 16.0. The molecule has 0 bridgehead atoms. The van der Waals surface area contributed by atoms with Gasteiger partial charge in [-0.25, -0.2) is 0 Å². The van der Waals surface area contributed by atoms with Crippen molar-refractivity contribution in [2.45, 2.75) is 65.4 Å². The van der Waals surface area contributed by atoms with Gasteiger partial charge in [0.2, 0.25) is 0 Å². The molecule has 2 atom stereocenters. The Labute approximate surface area is 199 Å². The van der Waals surface area contributed by atoms with Crippen molar-refractivity contribution in [1.29, 1.82) is 0 Å². The third-order valence-electron chi connectivity index (χ3n) is 5.29. The molecule has 8 heteroatoms. The second-order valence-corrected chi connectivity index (χ2v) is 7.76. The molecule has 1 unspecified atom stereocenters. The van der Waals surface area contributed by atoms with Crippen molar-refractivity contribution in [3.63, 3.8) is 0 Å². The van der Waals surface area contributed by atoms with Gasteiger partial charge in [-0.3, -0.25) is 0 Å². The normalized spacial score (nSPS) is 19.1.